The second-order valence-corrected chi connectivity index (χ2v) is 6.51. The summed E-state index contributed by atoms with van der Waals surface area (Å²) in [7, 11) is 0. The topological polar surface area (TPSA) is 50.1 Å². The number of hydrogen-bond acceptors (Lipinski definition) is 3. The fourth-order valence-electron chi connectivity index (χ4n) is 2.98. The molecule has 114 valence electrons. The van der Waals surface area contributed by atoms with Gasteiger partial charge in [-0.15, -0.1) is 0 Å². The van der Waals surface area contributed by atoms with Gasteiger partial charge in [0, 0.05) is 24.7 Å². The van der Waals surface area contributed by atoms with E-state index in [0.29, 0.717) is 18.5 Å². The predicted octanol–water partition coefficient (Wildman–Crippen LogP) is 2.68. The Labute approximate surface area is 122 Å². The Balaban J connectivity index is 1.86. The van der Waals surface area contributed by atoms with Gasteiger partial charge < -0.3 is 10.4 Å². The summed E-state index contributed by atoms with van der Waals surface area (Å²) in [6.07, 6.45) is 7.77. The monoisotopic (exact) mass is 279 g/mol. The fraction of sp³-hybridized carbons (Fsp3) is 0.812. The largest absolute Gasteiger partial charge is 0.389 e. The quantitative estimate of drug-likeness (QED) is 0.842. The number of aliphatic hydroxyl groups is 1. The van der Waals surface area contributed by atoms with Crippen LogP contribution >= 0.6 is 0 Å². The maximum atomic E-state index is 10.7. The van der Waals surface area contributed by atoms with Gasteiger partial charge in [0.1, 0.15) is 0 Å². The number of rotatable bonds is 6. The van der Waals surface area contributed by atoms with Crippen LogP contribution in [0.3, 0.4) is 0 Å². The van der Waals surface area contributed by atoms with E-state index in [1.54, 1.807) is 0 Å². The van der Waals surface area contributed by atoms with Gasteiger partial charge in [-0.2, -0.15) is 5.10 Å². The van der Waals surface area contributed by atoms with Gasteiger partial charge in [-0.05, 0) is 58.6 Å². The highest BCUT2D eigenvalue weighted by Gasteiger charge is 2.33. The molecule has 1 aliphatic carbocycles. The minimum atomic E-state index is -0.555. The summed E-state index contributed by atoms with van der Waals surface area (Å²) in [6.45, 7) is 7.52. The molecule has 0 aromatic carbocycles. The molecule has 1 aromatic rings. The maximum absolute atomic E-state index is 10.7. The van der Waals surface area contributed by atoms with Gasteiger partial charge in [0.15, 0.2) is 0 Å². The van der Waals surface area contributed by atoms with Crippen molar-refractivity contribution in [1.29, 1.82) is 0 Å². The van der Waals surface area contributed by atoms with Crippen molar-refractivity contribution < 1.29 is 5.11 Å². The Morgan fingerprint density at radius 3 is 2.70 bits per heavy atom. The number of nitrogens with one attached hydrogen (secondary N) is 1. The molecule has 1 aliphatic rings. The highest BCUT2D eigenvalue weighted by molar-refractivity contribution is 5.06. The first-order valence-corrected chi connectivity index (χ1v) is 8.02. The van der Waals surface area contributed by atoms with E-state index in [-0.39, 0.29) is 0 Å². The van der Waals surface area contributed by atoms with Crippen molar-refractivity contribution >= 4 is 0 Å². The summed E-state index contributed by atoms with van der Waals surface area (Å²) >= 11 is 0. The van der Waals surface area contributed by atoms with Crippen molar-refractivity contribution in [3.05, 3.63) is 18.0 Å². The van der Waals surface area contributed by atoms with E-state index in [9.17, 15) is 5.11 Å². The SMILES string of the molecule is CCCNC1CCC(O)(Cc2ccn(C(C)C)n2)CC1. The van der Waals surface area contributed by atoms with Crippen molar-refractivity contribution in [3.8, 4) is 0 Å². The summed E-state index contributed by atoms with van der Waals surface area (Å²) in [5.74, 6) is 0. The van der Waals surface area contributed by atoms with E-state index in [4.69, 9.17) is 0 Å². The molecule has 0 radical (unpaired) electrons. The lowest BCUT2D eigenvalue weighted by Crippen LogP contribution is -2.42. The van der Waals surface area contributed by atoms with Crippen molar-refractivity contribution in [3.63, 3.8) is 0 Å². The molecule has 20 heavy (non-hydrogen) atoms. The Morgan fingerprint density at radius 2 is 2.15 bits per heavy atom. The average Bonchev–Trinajstić information content (AvgIpc) is 2.86. The Bertz CT molecular complexity index is 406. The first kappa shape index (κ1) is 15.5. The van der Waals surface area contributed by atoms with Crippen LogP contribution in [0.25, 0.3) is 0 Å². The van der Waals surface area contributed by atoms with E-state index in [1.807, 2.05) is 16.9 Å². The average molecular weight is 279 g/mol. The zero-order valence-corrected chi connectivity index (χ0v) is 13.1. The molecule has 0 bridgehead atoms. The van der Waals surface area contributed by atoms with E-state index >= 15 is 0 Å². The van der Waals surface area contributed by atoms with Crippen molar-refractivity contribution in [2.24, 2.45) is 0 Å². The lowest BCUT2D eigenvalue weighted by molar-refractivity contribution is -0.00397. The Morgan fingerprint density at radius 1 is 1.45 bits per heavy atom. The Hall–Kier alpha value is -0.870. The van der Waals surface area contributed by atoms with Crippen LogP contribution in [-0.4, -0.2) is 33.1 Å². The van der Waals surface area contributed by atoms with E-state index in [0.717, 1.165) is 37.9 Å². The second-order valence-electron chi connectivity index (χ2n) is 6.51. The zero-order valence-electron chi connectivity index (χ0n) is 13.1. The molecular weight excluding hydrogens is 250 g/mol. The summed E-state index contributed by atoms with van der Waals surface area (Å²) in [4.78, 5) is 0. The first-order valence-electron chi connectivity index (χ1n) is 8.02. The number of nitrogens with zero attached hydrogens (tertiary/aromatic N) is 2. The van der Waals surface area contributed by atoms with Crippen LogP contribution in [0.4, 0.5) is 0 Å². The van der Waals surface area contributed by atoms with Crippen molar-refractivity contribution in [2.45, 2.75) is 77.0 Å². The van der Waals surface area contributed by atoms with E-state index in [1.165, 1.54) is 6.42 Å². The molecule has 0 aliphatic heterocycles. The molecule has 2 rings (SSSR count). The lowest BCUT2D eigenvalue weighted by Gasteiger charge is -2.36. The normalized spacial score (nSPS) is 27.1. The molecule has 1 aromatic heterocycles. The minimum absolute atomic E-state index is 0.382. The smallest absolute Gasteiger partial charge is 0.0704 e. The van der Waals surface area contributed by atoms with Crippen LogP contribution in [0.15, 0.2) is 12.3 Å². The summed E-state index contributed by atoms with van der Waals surface area (Å²) in [6, 6.07) is 3.01. The predicted molar refractivity (Wildman–Crippen MR) is 81.8 cm³/mol. The highest BCUT2D eigenvalue weighted by atomic mass is 16.3. The Kier molecular flexibility index (Phi) is 5.22. The third-order valence-corrected chi connectivity index (χ3v) is 4.30. The maximum Gasteiger partial charge on any atom is 0.0704 e. The molecule has 0 atom stereocenters. The van der Waals surface area contributed by atoms with Crippen LogP contribution in [0.2, 0.25) is 0 Å². The van der Waals surface area contributed by atoms with Crippen LogP contribution in [0.5, 0.6) is 0 Å². The van der Waals surface area contributed by atoms with Gasteiger partial charge >= 0.3 is 0 Å². The molecule has 4 nitrogen and oxygen atoms in total. The molecule has 2 N–H and O–H groups in total. The van der Waals surface area contributed by atoms with Crippen LogP contribution < -0.4 is 5.32 Å². The van der Waals surface area contributed by atoms with Gasteiger partial charge in [-0.25, -0.2) is 0 Å². The van der Waals surface area contributed by atoms with Gasteiger partial charge in [-0.3, -0.25) is 4.68 Å². The molecule has 0 unspecified atom stereocenters. The summed E-state index contributed by atoms with van der Waals surface area (Å²) in [5, 5.41) is 18.9. The molecule has 0 amide bonds. The molecular formula is C16H29N3O. The highest BCUT2D eigenvalue weighted by Crippen LogP contribution is 2.31. The summed E-state index contributed by atoms with van der Waals surface area (Å²) in [5.41, 5.74) is 0.460. The third kappa shape index (κ3) is 4.06. The van der Waals surface area contributed by atoms with Crippen LogP contribution in [-0.2, 0) is 6.42 Å². The second kappa shape index (κ2) is 6.72. The van der Waals surface area contributed by atoms with Crippen LogP contribution in [0.1, 0.15) is 64.6 Å². The molecule has 0 spiro atoms. The van der Waals surface area contributed by atoms with Gasteiger partial charge in [0.05, 0.1) is 11.3 Å². The minimum Gasteiger partial charge on any atom is -0.389 e. The number of hydrogen-bond donors (Lipinski definition) is 2. The fourth-order valence-corrected chi connectivity index (χ4v) is 2.98. The molecule has 4 heteroatoms. The van der Waals surface area contributed by atoms with Crippen LogP contribution in [0, 0.1) is 0 Å². The molecule has 0 saturated heterocycles. The molecule has 1 heterocycles. The first-order chi connectivity index (χ1) is 9.52. The zero-order chi connectivity index (χ0) is 14.6. The van der Waals surface area contributed by atoms with Crippen molar-refractivity contribution in [2.75, 3.05) is 6.54 Å². The van der Waals surface area contributed by atoms with Crippen molar-refractivity contribution in [1.82, 2.24) is 15.1 Å². The van der Waals surface area contributed by atoms with E-state index in [2.05, 4.69) is 31.2 Å². The lowest BCUT2D eigenvalue weighted by atomic mass is 9.79. The molecule has 1 saturated carbocycles. The summed E-state index contributed by atoms with van der Waals surface area (Å²) < 4.78 is 1.97. The molecule has 1 fully saturated rings. The standard InChI is InChI=1S/C16H29N3O/c1-4-10-17-14-5-8-16(20,9-6-14)12-15-7-11-19(18-15)13(2)3/h7,11,13-14,17,20H,4-6,8-10,12H2,1-3H3. The van der Waals surface area contributed by atoms with E-state index < -0.39 is 5.60 Å². The van der Waals surface area contributed by atoms with Gasteiger partial charge in [0.2, 0.25) is 0 Å². The van der Waals surface area contributed by atoms with Gasteiger partial charge in [-0.1, -0.05) is 6.92 Å². The third-order valence-electron chi connectivity index (χ3n) is 4.30. The number of aromatic nitrogens is 2. The van der Waals surface area contributed by atoms with Gasteiger partial charge in [0.25, 0.3) is 0 Å².